The van der Waals surface area contributed by atoms with Crippen LogP contribution in [0.25, 0.3) is 6.08 Å². The number of hydrogen-bond acceptors (Lipinski definition) is 6. The van der Waals surface area contributed by atoms with Crippen molar-refractivity contribution in [2.24, 2.45) is 5.73 Å². The number of ether oxygens (including phenoxy) is 1. The van der Waals surface area contributed by atoms with Crippen molar-refractivity contribution in [3.05, 3.63) is 70.8 Å². The summed E-state index contributed by atoms with van der Waals surface area (Å²) in [5.41, 5.74) is 6.94. The van der Waals surface area contributed by atoms with Crippen molar-refractivity contribution in [3.63, 3.8) is 0 Å². The summed E-state index contributed by atoms with van der Waals surface area (Å²) in [6.07, 6.45) is 0.872. The van der Waals surface area contributed by atoms with E-state index in [2.05, 4.69) is 5.32 Å². The van der Waals surface area contributed by atoms with Crippen LogP contribution in [0.15, 0.2) is 54.1 Å². The number of nitrogens with two attached hydrogens (primary N) is 1. The SMILES string of the molecule is C/C(=C\c1ccc(C(=O)Oc2ccc(C(=N)N)cc2)cc1)C(=O)N[C@@H](CCC(=O)O)C(=O)O. The monoisotopic (exact) mass is 453 g/mol. The second-order valence-corrected chi connectivity index (χ2v) is 7.07. The van der Waals surface area contributed by atoms with Gasteiger partial charge in [0.25, 0.3) is 0 Å². The van der Waals surface area contributed by atoms with Gasteiger partial charge in [0, 0.05) is 17.6 Å². The zero-order valence-corrected chi connectivity index (χ0v) is 17.7. The van der Waals surface area contributed by atoms with Gasteiger partial charge in [0.1, 0.15) is 17.6 Å². The lowest BCUT2D eigenvalue weighted by molar-refractivity contribution is -0.142. The van der Waals surface area contributed by atoms with E-state index in [0.717, 1.165) is 0 Å². The summed E-state index contributed by atoms with van der Waals surface area (Å²) in [6, 6.07) is 11.0. The van der Waals surface area contributed by atoms with Crippen molar-refractivity contribution in [3.8, 4) is 5.75 Å². The molecule has 172 valence electrons. The summed E-state index contributed by atoms with van der Waals surface area (Å²) >= 11 is 0. The van der Waals surface area contributed by atoms with Gasteiger partial charge in [0.2, 0.25) is 5.91 Å². The maximum atomic E-state index is 12.3. The van der Waals surface area contributed by atoms with E-state index >= 15 is 0 Å². The molecule has 0 bridgehead atoms. The fourth-order valence-electron chi connectivity index (χ4n) is 2.70. The highest BCUT2D eigenvalue weighted by Gasteiger charge is 2.21. The van der Waals surface area contributed by atoms with Gasteiger partial charge in [-0.05, 0) is 61.4 Å². The number of carboxylic acids is 2. The number of amidine groups is 1. The summed E-state index contributed by atoms with van der Waals surface area (Å²) < 4.78 is 5.27. The van der Waals surface area contributed by atoms with E-state index in [1.807, 2.05) is 0 Å². The Morgan fingerprint density at radius 3 is 2.12 bits per heavy atom. The second kappa shape index (κ2) is 11.2. The molecular formula is C23H23N3O7. The average molecular weight is 453 g/mol. The summed E-state index contributed by atoms with van der Waals surface area (Å²) in [6.45, 7) is 1.48. The maximum absolute atomic E-state index is 12.3. The van der Waals surface area contributed by atoms with Gasteiger partial charge in [0.15, 0.2) is 0 Å². The Bertz CT molecular complexity index is 1090. The molecule has 33 heavy (non-hydrogen) atoms. The molecule has 2 aromatic carbocycles. The van der Waals surface area contributed by atoms with Crippen LogP contribution >= 0.6 is 0 Å². The van der Waals surface area contributed by atoms with Crippen LogP contribution in [0.2, 0.25) is 0 Å². The summed E-state index contributed by atoms with van der Waals surface area (Å²) in [5.74, 6) is -3.54. The molecule has 0 unspecified atom stereocenters. The number of aliphatic carboxylic acids is 2. The van der Waals surface area contributed by atoms with Crippen LogP contribution in [0.5, 0.6) is 5.75 Å². The fraction of sp³-hybridized carbons (Fsp3) is 0.174. The molecule has 0 fully saturated rings. The molecule has 0 saturated carbocycles. The minimum Gasteiger partial charge on any atom is -0.481 e. The third kappa shape index (κ3) is 7.62. The van der Waals surface area contributed by atoms with Gasteiger partial charge in [0.05, 0.1) is 5.56 Å². The Balaban J connectivity index is 2.01. The van der Waals surface area contributed by atoms with Crippen molar-refractivity contribution in [1.82, 2.24) is 5.32 Å². The molecule has 0 aliphatic carbocycles. The van der Waals surface area contributed by atoms with Gasteiger partial charge in [-0.15, -0.1) is 0 Å². The molecule has 0 saturated heterocycles. The molecule has 2 rings (SSSR count). The number of carbonyl (C=O) groups is 4. The van der Waals surface area contributed by atoms with E-state index in [0.29, 0.717) is 11.1 Å². The van der Waals surface area contributed by atoms with Gasteiger partial charge in [-0.3, -0.25) is 15.0 Å². The number of nitrogens with one attached hydrogen (secondary N) is 2. The van der Waals surface area contributed by atoms with Crippen LogP contribution in [-0.2, 0) is 14.4 Å². The number of rotatable bonds is 10. The van der Waals surface area contributed by atoms with Gasteiger partial charge in [-0.25, -0.2) is 9.59 Å². The lowest BCUT2D eigenvalue weighted by Crippen LogP contribution is -2.41. The minimum absolute atomic E-state index is 0.0979. The van der Waals surface area contributed by atoms with E-state index in [9.17, 15) is 19.2 Å². The first-order chi connectivity index (χ1) is 15.6. The number of carbonyl (C=O) groups excluding carboxylic acids is 2. The van der Waals surface area contributed by atoms with Gasteiger partial charge >= 0.3 is 17.9 Å². The van der Waals surface area contributed by atoms with Crippen molar-refractivity contribution in [1.29, 1.82) is 5.41 Å². The van der Waals surface area contributed by atoms with Crippen LogP contribution in [0.4, 0.5) is 0 Å². The molecule has 10 nitrogen and oxygen atoms in total. The van der Waals surface area contributed by atoms with Crippen molar-refractivity contribution in [2.75, 3.05) is 0 Å². The van der Waals surface area contributed by atoms with E-state index in [1.54, 1.807) is 24.3 Å². The molecule has 0 radical (unpaired) electrons. The lowest BCUT2D eigenvalue weighted by Gasteiger charge is -2.13. The zero-order valence-electron chi connectivity index (χ0n) is 17.7. The number of esters is 1. The van der Waals surface area contributed by atoms with Crippen LogP contribution in [0.1, 0.15) is 41.3 Å². The van der Waals surface area contributed by atoms with Crippen molar-refractivity contribution < 1.29 is 34.1 Å². The first kappa shape index (κ1) is 24.8. The number of benzene rings is 2. The normalized spacial score (nSPS) is 11.8. The van der Waals surface area contributed by atoms with Crippen LogP contribution in [0.3, 0.4) is 0 Å². The third-order valence-corrected chi connectivity index (χ3v) is 4.51. The Labute approximate surface area is 189 Å². The molecule has 10 heteroatoms. The van der Waals surface area contributed by atoms with Crippen LogP contribution in [0, 0.1) is 5.41 Å². The molecular weight excluding hydrogens is 430 g/mol. The predicted octanol–water partition coefficient (Wildman–Crippen LogP) is 2.03. The Hall–Kier alpha value is -4.47. The largest absolute Gasteiger partial charge is 0.481 e. The number of amides is 1. The predicted molar refractivity (Wildman–Crippen MR) is 119 cm³/mol. The third-order valence-electron chi connectivity index (χ3n) is 4.51. The summed E-state index contributed by atoms with van der Waals surface area (Å²) in [7, 11) is 0. The molecule has 6 N–H and O–H groups in total. The lowest BCUT2D eigenvalue weighted by atomic mass is 10.1. The van der Waals surface area contributed by atoms with Gasteiger partial charge in [-0.1, -0.05) is 12.1 Å². The molecule has 0 spiro atoms. The minimum atomic E-state index is -1.32. The van der Waals surface area contributed by atoms with E-state index in [4.69, 9.17) is 26.1 Å². The molecule has 0 aliphatic heterocycles. The van der Waals surface area contributed by atoms with Crippen molar-refractivity contribution in [2.45, 2.75) is 25.8 Å². The molecule has 2 aromatic rings. The molecule has 0 heterocycles. The molecule has 1 atom stereocenters. The maximum Gasteiger partial charge on any atom is 0.343 e. The van der Waals surface area contributed by atoms with Crippen molar-refractivity contribution >= 4 is 35.7 Å². The highest BCUT2D eigenvalue weighted by molar-refractivity contribution is 5.99. The van der Waals surface area contributed by atoms with E-state index in [1.165, 1.54) is 37.3 Å². The average Bonchev–Trinajstić information content (AvgIpc) is 2.76. The topological polar surface area (TPSA) is 180 Å². The number of nitrogen functional groups attached to an aromatic ring is 1. The Morgan fingerprint density at radius 2 is 1.61 bits per heavy atom. The molecule has 1 amide bonds. The van der Waals surface area contributed by atoms with Crippen LogP contribution in [-0.4, -0.2) is 45.9 Å². The Morgan fingerprint density at radius 1 is 1.03 bits per heavy atom. The van der Waals surface area contributed by atoms with Gasteiger partial charge in [-0.2, -0.15) is 0 Å². The second-order valence-electron chi connectivity index (χ2n) is 7.07. The summed E-state index contributed by atoms with van der Waals surface area (Å²) in [4.78, 5) is 46.4. The quantitative estimate of drug-likeness (QED) is 0.119. The highest BCUT2D eigenvalue weighted by Crippen LogP contribution is 2.16. The standard InChI is InChI=1S/C23H23N3O7/c1-13(21(29)26-18(22(30)31)10-11-19(27)28)12-14-2-4-16(5-3-14)23(32)33-17-8-6-15(7-9-17)20(24)25/h2-9,12,18H,10-11H2,1H3,(H3,24,25)(H,26,29)(H,27,28)(H,30,31)/b13-12+/t18-/m0/s1. The number of hydrogen-bond donors (Lipinski definition) is 5. The fourth-order valence-corrected chi connectivity index (χ4v) is 2.70. The van der Waals surface area contributed by atoms with Crippen LogP contribution < -0.4 is 15.8 Å². The highest BCUT2D eigenvalue weighted by atomic mass is 16.5. The first-order valence-corrected chi connectivity index (χ1v) is 9.77. The van der Waals surface area contributed by atoms with Gasteiger partial charge < -0.3 is 26.0 Å². The first-order valence-electron chi connectivity index (χ1n) is 9.77. The Kier molecular flexibility index (Phi) is 8.44. The smallest absolute Gasteiger partial charge is 0.343 e. The molecule has 0 aliphatic rings. The van der Waals surface area contributed by atoms with E-state index in [-0.39, 0.29) is 29.1 Å². The zero-order chi connectivity index (χ0) is 24.5. The molecule has 0 aromatic heterocycles. The summed E-state index contributed by atoms with van der Waals surface area (Å²) in [5, 5.41) is 27.5. The van der Waals surface area contributed by atoms with E-state index < -0.39 is 36.3 Å². The number of carboxylic acid groups (broad SMARTS) is 2.